The fourth-order valence-corrected chi connectivity index (χ4v) is 3.68. The van der Waals surface area contributed by atoms with Crippen molar-refractivity contribution in [1.29, 1.82) is 0 Å². The lowest BCUT2D eigenvalue weighted by Crippen LogP contribution is -2.19. The molecule has 2 aromatic rings. The number of rotatable bonds is 2. The summed E-state index contributed by atoms with van der Waals surface area (Å²) in [4.78, 5) is 19.1. The number of fused-ring (bicyclic) bond motifs is 3. The normalized spacial score (nSPS) is 15.5. The Morgan fingerprint density at radius 1 is 1.22 bits per heavy atom. The third kappa shape index (κ3) is 3.91. The lowest BCUT2D eigenvalue weighted by atomic mass is 10.1. The van der Waals surface area contributed by atoms with Gasteiger partial charge in [-0.05, 0) is 18.5 Å². The molecular formula is C18H18ClFN2O5. The average Bonchev–Trinajstić information content (AvgIpc) is 2.78. The lowest BCUT2D eigenvalue weighted by molar-refractivity contribution is -0.134. The van der Waals surface area contributed by atoms with Crippen molar-refractivity contribution < 1.29 is 28.9 Å². The van der Waals surface area contributed by atoms with Gasteiger partial charge in [0.2, 0.25) is 0 Å². The highest BCUT2D eigenvalue weighted by Gasteiger charge is 2.27. The highest BCUT2D eigenvalue weighted by Crippen LogP contribution is 2.41. The highest BCUT2D eigenvalue weighted by molar-refractivity contribution is 6.36. The van der Waals surface area contributed by atoms with Gasteiger partial charge in [0.1, 0.15) is 18.2 Å². The summed E-state index contributed by atoms with van der Waals surface area (Å²) < 4.78 is 21.8. The third-order valence-electron chi connectivity index (χ3n) is 4.43. The van der Waals surface area contributed by atoms with Gasteiger partial charge in [-0.2, -0.15) is 0 Å². The van der Waals surface area contributed by atoms with Gasteiger partial charge in [0.05, 0.1) is 17.1 Å². The first-order valence-corrected chi connectivity index (χ1v) is 8.77. The average molecular weight is 397 g/mol. The molecule has 3 heterocycles. The van der Waals surface area contributed by atoms with E-state index in [0.717, 1.165) is 43.4 Å². The molecule has 0 fully saturated rings. The molecule has 1 aromatic carbocycles. The SMILES string of the molecule is Fc1cc2c3c(c1Cl)c1c(n3CCO2)CCNCC1.O=C(O)/C=C\C(=O)O. The van der Waals surface area contributed by atoms with Crippen molar-refractivity contribution in [2.75, 3.05) is 19.7 Å². The fourth-order valence-electron chi connectivity index (χ4n) is 3.43. The van der Waals surface area contributed by atoms with E-state index in [2.05, 4.69) is 9.88 Å². The van der Waals surface area contributed by atoms with Gasteiger partial charge >= 0.3 is 11.9 Å². The molecule has 0 spiro atoms. The molecule has 9 heteroatoms. The molecule has 1 aromatic heterocycles. The quantitative estimate of drug-likeness (QED) is 0.673. The molecule has 3 N–H and O–H groups in total. The number of halogens is 2. The number of carboxylic acids is 2. The summed E-state index contributed by atoms with van der Waals surface area (Å²) in [5.41, 5.74) is 3.46. The Bertz CT molecular complexity index is 922. The minimum Gasteiger partial charge on any atom is -0.489 e. The maximum atomic E-state index is 14.0. The van der Waals surface area contributed by atoms with E-state index < -0.39 is 11.9 Å². The summed E-state index contributed by atoms with van der Waals surface area (Å²) in [5.74, 6) is -2.27. The van der Waals surface area contributed by atoms with Crippen LogP contribution >= 0.6 is 11.6 Å². The summed E-state index contributed by atoms with van der Waals surface area (Å²) in [6, 6.07) is 1.41. The van der Waals surface area contributed by atoms with Crippen molar-refractivity contribution in [3.63, 3.8) is 0 Å². The van der Waals surface area contributed by atoms with Crippen molar-refractivity contribution in [3.8, 4) is 5.75 Å². The monoisotopic (exact) mass is 396 g/mol. The standard InChI is InChI=1S/C14H14ClFN2O.C4H4O4/c15-13-9(16)7-11-14-12(13)8-1-3-17-4-2-10(8)18(14)5-6-19-11;5-3(6)1-2-4(7)8/h7,17H,1-6H2;1-2H,(H,5,6)(H,7,8)/b;2-1-. The zero-order valence-corrected chi connectivity index (χ0v) is 15.1. The third-order valence-corrected chi connectivity index (χ3v) is 4.80. The summed E-state index contributed by atoms with van der Waals surface area (Å²) in [5, 5.41) is 20.1. The first-order chi connectivity index (χ1) is 12.9. The van der Waals surface area contributed by atoms with Crippen molar-refractivity contribution >= 4 is 34.4 Å². The van der Waals surface area contributed by atoms with Crippen LogP contribution in [-0.2, 0) is 29.0 Å². The second-order valence-electron chi connectivity index (χ2n) is 6.08. The van der Waals surface area contributed by atoms with Gasteiger partial charge in [0.15, 0.2) is 0 Å². The number of carboxylic acid groups (broad SMARTS) is 2. The predicted molar refractivity (Wildman–Crippen MR) is 97.1 cm³/mol. The molecule has 2 aliphatic heterocycles. The van der Waals surface area contributed by atoms with Crippen LogP contribution < -0.4 is 10.1 Å². The van der Waals surface area contributed by atoms with Crippen molar-refractivity contribution in [2.24, 2.45) is 0 Å². The van der Waals surface area contributed by atoms with Gasteiger partial charge in [-0.3, -0.25) is 0 Å². The highest BCUT2D eigenvalue weighted by atomic mass is 35.5. The predicted octanol–water partition coefficient (Wildman–Crippen LogP) is 2.23. The first kappa shape index (κ1) is 19.2. The number of nitrogens with one attached hydrogen (secondary N) is 1. The van der Waals surface area contributed by atoms with Crippen LogP contribution in [0.1, 0.15) is 11.3 Å². The minimum atomic E-state index is -1.26. The molecule has 0 saturated heterocycles. The topological polar surface area (TPSA) is 101 Å². The van der Waals surface area contributed by atoms with E-state index in [-0.39, 0.29) is 10.8 Å². The lowest BCUT2D eigenvalue weighted by Gasteiger charge is -2.19. The van der Waals surface area contributed by atoms with Crippen LogP contribution in [0.5, 0.6) is 5.75 Å². The number of hydrogen-bond acceptors (Lipinski definition) is 4. The molecule has 144 valence electrons. The van der Waals surface area contributed by atoms with Gasteiger partial charge in [0, 0.05) is 42.3 Å². The van der Waals surface area contributed by atoms with Crippen LogP contribution in [-0.4, -0.2) is 46.4 Å². The molecule has 0 aliphatic carbocycles. The van der Waals surface area contributed by atoms with E-state index >= 15 is 0 Å². The Morgan fingerprint density at radius 2 is 1.89 bits per heavy atom. The summed E-state index contributed by atoms with van der Waals surface area (Å²) >= 11 is 6.22. The second-order valence-corrected chi connectivity index (χ2v) is 6.46. The summed E-state index contributed by atoms with van der Waals surface area (Å²) in [6.07, 6.45) is 2.97. The molecule has 7 nitrogen and oxygen atoms in total. The minimum absolute atomic E-state index is 0.237. The van der Waals surface area contributed by atoms with Crippen molar-refractivity contribution in [1.82, 2.24) is 9.88 Å². The number of aromatic nitrogens is 1. The number of nitrogens with zero attached hydrogens (tertiary/aromatic N) is 1. The largest absolute Gasteiger partial charge is 0.489 e. The Morgan fingerprint density at radius 3 is 2.56 bits per heavy atom. The molecule has 0 atom stereocenters. The Labute approximate surface area is 159 Å². The molecule has 4 rings (SSSR count). The molecule has 0 saturated carbocycles. The molecule has 0 bridgehead atoms. The van der Waals surface area contributed by atoms with E-state index in [1.807, 2.05) is 0 Å². The van der Waals surface area contributed by atoms with Crippen LogP contribution in [0, 0.1) is 5.82 Å². The molecule has 0 unspecified atom stereocenters. The number of carbonyl (C=O) groups is 2. The maximum Gasteiger partial charge on any atom is 0.328 e. The van der Waals surface area contributed by atoms with Gasteiger partial charge in [0.25, 0.3) is 0 Å². The Balaban J connectivity index is 0.000000226. The summed E-state index contributed by atoms with van der Waals surface area (Å²) in [7, 11) is 0. The van der Waals surface area contributed by atoms with Gasteiger partial charge in [-0.1, -0.05) is 11.6 Å². The Hall–Kier alpha value is -2.58. The number of aliphatic carboxylic acids is 2. The number of ether oxygens (including phenoxy) is 1. The van der Waals surface area contributed by atoms with Gasteiger partial charge < -0.3 is 24.8 Å². The fraction of sp³-hybridized carbons (Fsp3) is 0.333. The molecule has 27 heavy (non-hydrogen) atoms. The number of hydrogen-bond donors (Lipinski definition) is 3. The van der Waals surface area contributed by atoms with E-state index in [4.69, 9.17) is 26.6 Å². The molecule has 0 amide bonds. The first-order valence-electron chi connectivity index (χ1n) is 8.39. The van der Waals surface area contributed by atoms with Crippen LogP contribution in [0.2, 0.25) is 5.02 Å². The maximum absolute atomic E-state index is 14.0. The van der Waals surface area contributed by atoms with Gasteiger partial charge in [-0.15, -0.1) is 0 Å². The van der Waals surface area contributed by atoms with Crippen LogP contribution in [0.3, 0.4) is 0 Å². The Kier molecular flexibility index (Phi) is 5.67. The van der Waals surface area contributed by atoms with E-state index in [0.29, 0.717) is 24.5 Å². The zero-order valence-electron chi connectivity index (χ0n) is 14.3. The van der Waals surface area contributed by atoms with Crippen LogP contribution in [0.25, 0.3) is 10.9 Å². The van der Waals surface area contributed by atoms with Crippen LogP contribution in [0.4, 0.5) is 4.39 Å². The second kappa shape index (κ2) is 7.98. The summed E-state index contributed by atoms with van der Waals surface area (Å²) in [6.45, 7) is 3.28. The van der Waals surface area contributed by atoms with Crippen molar-refractivity contribution in [3.05, 3.63) is 40.3 Å². The van der Waals surface area contributed by atoms with E-state index in [9.17, 15) is 14.0 Å². The van der Waals surface area contributed by atoms with Crippen molar-refractivity contribution in [2.45, 2.75) is 19.4 Å². The van der Waals surface area contributed by atoms with Gasteiger partial charge in [-0.25, -0.2) is 14.0 Å². The number of benzene rings is 1. The zero-order chi connectivity index (χ0) is 19.6. The molecule has 2 aliphatic rings. The van der Waals surface area contributed by atoms with Crippen LogP contribution in [0.15, 0.2) is 18.2 Å². The molecular weight excluding hydrogens is 379 g/mol. The smallest absolute Gasteiger partial charge is 0.328 e. The van der Waals surface area contributed by atoms with E-state index in [1.165, 1.54) is 17.3 Å². The van der Waals surface area contributed by atoms with E-state index in [1.54, 1.807) is 0 Å². The molecule has 0 radical (unpaired) electrons.